The predicted octanol–water partition coefficient (Wildman–Crippen LogP) is 5.86. The molecule has 0 aliphatic rings. The molecule has 0 unspecified atom stereocenters. The molecule has 32 heavy (non-hydrogen) atoms. The summed E-state index contributed by atoms with van der Waals surface area (Å²) in [4.78, 5) is 24.0. The van der Waals surface area contributed by atoms with Crippen LogP contribution in [0.15, 0.2) is 79.2 Å². The number of carbonyl (C=O) groups is 2. The number of hydrogen-bond acceptors (Lipinski definition) is 5. The minimum Gasteiger partial charge on any atom is -0.481 e. The molecule has 3 rings (SSSR count). The zero-order valence-corrected chi connectivity index (χ0v) is 20.9. The maximum Gasteiger partial charge on any atom is 0.343 e. The van der Waals surface area contributed by atoms with Crippen LogP contribution >= 0.6 is 47.8 Å². The molecule has 0 atom stereocenters. The summed E-state index contributed by atoms with van der Waals surface area (Å²) in [6.45, 7) is -0.231. The number of hydrogen-bond donors (Lipinski definition) is 1. The van der Waals surface area contributed by atoms with Crippen molar-refractivity contribution >= 4 is 65.9 Å². The topological polar surface area (TPSA) is 77.0 Å². The molecular weight excluding hydrogens is 615 g/mol. The van der Waals surface area contributed by atoms with Crippen molar-refractivity contribution in [1.82, 2.24) is 5.43 Å². The number of halogens is 4. The van der Waals surface area contributed by atoms with Gasteiger partial charge in [-0.2, -0.15) is 5.10 Å². The Kier molecular flexibility index (Phi) is 8.54. The molecule has 1 amide bonds. The quantitative estimate of drug-likeness (QED) is 0.154. The highest BCUT2D eigenvalue weighted by molar-refractivity contribution is 9.11. The fourth-order valence-corrected chi connectivity index (χ4v) is 4.91. The number of amides is 1. The summed E-state index contributed by atoms with van der Waals surface area (Å²) in [7, 11) is 0. The monoisotopic (exact) mass is 626 g/mol. The number of esters is 1. The number of nitrogens with one attached hydrogen (secondary N) is 1. The maximum absolute atomic E-state index is 13.2. The van der Waals surface area contributed by atoms with Crippen molar-refractivity contribution in [3.8, 4) is 11.5 Å². The molecular formula is C22H14Br3FN2O4. The number of hydrazone groups is 1. The van der Waals surface area contributed by atoms with E-state index in [1.807, 2.05) is 0 Å². The molecule has 0 aliphatic carbocycles. The molecule has 0 heterocycles. The van der Waals surface area contributed by atoms with E-state index in [0.717, 1.165) is 10.5 Å². The Morgan fingerprint density at radius 3 is 2.34 bits per heavy atom. The lowest BCUT2D eigenvalue weighted by atomic mass is 10.2. The Balaban J connectivity index is 1.49. The van der Waals surface area contributed by atoms with Crippen LogP contribution in [-0.4, -0.2) is 24.7 Å². The molecule has 0 aromatic heterocycles. The van der Waals surface area contributed by atoms with E-state index in [4.69, 9.17) is 9.47 Å². The van der Waals surface area contributed by atoms with E-state index in [9.17, 15) is 14.0 Å². The first-order valence-corrected chi connectivity index (χ1v) is 11.4. The van der Waals surface area contributed by atoms with Crippen LogP contribution in [0, 0.1) is 5.82 Å². The van der Waals surface area contributed by atoms with Crippen LogP contribution < -0.4 is 14.9 Å². The Morgan fingerprint density at radius 1 is 1.00 bits per heavy atom. The summed E-state index contributed by atoms with van der Waals surface area (Å²) in [6.07, 6.45) is 1.43. The Hall–Kier alpha value is -2.56. The molecule has 0 radical (unpaired) electrons. The fourth-order valence-electron chi connectivity index (χ4n) is 2.42. The zero-order chi connectivity index (χ0) is 23.1. The lowest BCUT2D eigenvalue weighted by Crippen LogP contribution is -2.24. The van der Waals surface area contributed by atoms with E-state index in [-0.39, 0.29) is 12.2 Å². The lowest BCUT2D eigenvalue weighted by Gasteiger charge is -2.09. The molecule has 3 aromatic carbocycles. The van der Waals surface area contributed by atoms with Gasteiger partial charge in [0.1, 0.15) is 17.3 Å². The fraction of sp³-hybridized carbons (Fsp3) is 0.0455. The van der Waals surface area contributed by atoms with Gasteiger partial charge in [0, 0.05) is 4.47 Å². The van der Waals surface area contributed by atoms with Crippen molar-refractivity contribution in [2.45, 2.75) is 0 Å². The van der Waals surface area contributed by atoms with Gasteiger partial charge in [-0.25, -0.2) is 14.6 Å². The van der Waals surface area contributed by atoms with Crippen molar-refractivity contribution in [1.29, 1.82) is 0 Å². The number of carbonyl (C=O) groups excluding carboxylic acids is 2. The van der Waals surface area contributed by atoms with Crippen molar-refractivity contribution in [3.05, 3.63) is 91.0 Å². The average Bonchev–Trinajstić information content (AvgIpc) is 2.74. The van der Waals surface area contributed by atoms with E-state index in [1.54, 1.807) is 36.4 Å². The Morgan fingerprint density at radius 2 is 1.69 bits per heavy atom. The van der Waals surface area contributed by atoms with Gasteiger partial charge in [0.05, 0.1) is 20.7 Å². The van der Waals surface area contributed by atoms with E-state index >= 15 is 0 Å². The molecule has 0 fully saturated rings. The smallest absolute Gasteiger partial charge is 0.343 e. The van der Waals surface area contributed by atoms with Crippen LogP contribution in [0.2, 0.25) is 0 Å². The summed E-state index contributed by atoms with van der Waals surface area (Å²) in [5, 5.41) is 3.88. The molecule has 10 heteroatoms. The number of rotatable bonds is 7. The van der Waals surface area contributed by atoms with Crippen LogP contribution in [0.4, 0.5) is 4.39 Å². The summed E-state index contributed by atoms with van der Waals surface area (Å²) in [6, 6.07) is 15.3. The molecule has 6 nitrogen and oxygen atoms in total. The van der Waals surface area contributed by atoms with Gasteiger partial charge in [-0.1, -0.05) is 22.0 Å². The molecule has 0 aliphatic heterocycles. The van der Waals surface area contributed by atoms with E-state index in [2.05, 4.69) is 58.3 Å². The van der Waals surface area contributed by atoms with Gasteiger partial charge in [-0.15, -0.1) is 0 Å². The number of benzene rings is 3. The first kappa shape index (κ1) is 24.1. The van der Waals surface area contributed by atoms with E-state index < -0.39 is 17.7 Å². The second kappa shape index (κ2) is 11.3. The summed E-state index contributed by atoms with van der Waals surface area (Å²) >= 11 is 10.1. The first-order chi connectivity index (χ1) is 15.3. The zero-order valence-electron chi connectivity index (χ0n) is 16.2. The SMILES string of the molecule is O=C(COc1c(Br)cc(Br)cc1Br)N/N=C/c1ccc(OC(=O)c2cccc(F)c2)cc1. The Labute approximate surface area is 208 Å². The third-order valence-corrected chi connectivity index (χ3v) is 5.50. The lowest BCUT2D eigenvalue weighted by molar-refractivity contribution is -0.123. The second-order valence-corrected chi connectivity index (χ2v) is 8.87. The van der Waals surface area contributed by atoms with Gasteiger partial charge in [0.2, 0.25) is 0 Å². The minimum atomic E-state index is -0.665. The Bertz CT molecular complexity index is 1150. The maximum atomic E-state index is 13.2. The normalized spacial score (nSPS) is 10.8. The minimum absolute atomic E-state index is 0.114. The van der Waals surface area contributed by atoms with Crippen LogP contribution in [0.3, 0.4) is 0 Å². The predicted molar refractivity (Wildman–Crippen MR) is 129 cm³/mol. The van der Waals surface area contributed by atoms with E-state index in [1.165, 1.54) is 24.4 Å². The van der Waals surface area contributed by atoms with Crippen LogP contribution in [-0.2, 0) is 4.79 Å². The molecule has 3 aromatic rings. The van der Waals surface area contributed by atoms with Crippen LogP contribution in [0.5, 0.6) is 11.5 Å². The average molecular weight is 629 g/mol. The summed E-state index contributed by atoms with van der Waals surface area (Å²) in [5.74, 6) is -0.836. The molecule has 0 spiro atoms. The highest BCUT2D eigenvalue weighted by atomic mass is 79.9. The molecule has 1 N–H and O–H groups in total. The number of nitrogens with zero attached hydrogens (tertiary/aromatic N) is 1. The third kappa shape index (κ3) is 6.98. The molecule has 0 saturated carbocycles. The first-order valence-electron chi connectivity index (χ1n) is 8.99. The van der Waals surface area contributed by atoms with E-state index in [0.29, 0.717) is 26.0 Å². The highest BCUT2D eigenvalue weighted by Crippen LogP contribution is 2.36. The standard InChI is InChI=1S/C22H14Br3FN2O4/c23-15-9-18(24)21(19(25)10-15)31-12-20(29)28-27-11-13-4-6-17(7-5-13)32-22(30)14-2-1-3-16(26)8-14/h1-11H,12H2,(H,28,29)/b27-11+. The third-order valence-electron chi connectivity index (χ3n) is 3.86. The van der Waals surface area contributed by atoms with Gasteiger partial charge >= 0.3 is 5.97 Å². The van der Waals surface area contributed by atoms with Crippen molar-refractivity contribution in [2.75, 3.05) is 6.61 Å². The highest BCUT2D eigenvalue weighted by Gasteiger charge is 2.11. The van der Waals surface area contributed by atoms with Crippen molar-refractivity contribution < 1.29 is 23.5 Å². The van der Waals surface area contributed by atoms with Crippen molar-refractivity contribution in [3.63, 3.8) is 0 Å². The van der Waals surface area contributed by atoms with Gasteiger partial charge < -0.3 is 9.47 Å². The number of ether oxygens (including phenoxy) is 2. The second-order valence-electron chi connectivity index (χ2n) is 6.25. The largest absolute Gasteiger partial charge is 0.481 e. The van der Waals surface area contributed by atoms with Crippen LogP contribution in [0.1, 0.15) is 15.9 Å². The van der Waals surface area contributed by atoms with Crippen molar-refractivity contribution in [2.24, 2.45) is 5.10 Å². The van der Waals surface area contributed by atoms with Crippen LogP contribution in [0.25, 0.3) is 0 Å². The van der Waals surface area contributed by atoms with Gasteiger partial charge in [-0.3, -0.25) is 4.79 Å². The molecule has 0 bridgehead atoms. The van der Waals surface area contributed by atoms with Gasteiger partial charge in [0.25, 0.3) is 5.91 Å². The molecule has 0 saturated heterocycles. The summed E-state index contributed by atoms with van der Waals surface area (Å²) < 4.78 is 26.2. The van der Waals surface area contributed by atoms with Gasteiger partial charge in [-0.05, 0) is 92.0 Å². The van der Waals surface area contributed by atoms with Gasteiger partial charge in [0.15, 0.2) is 6.61 Å². The summed E-state index contributed by atoms with van der Waals surface area (Å²) in [5.41, 5.74) is 3.15. The molecule has 164 valence electrons.